The van der Waals surface area contributed by atoms with Crippen molar-refractivity contribution >= 4 is 17.8 Å². The molecule has 37 heavy (non-hydrogen) atoms. The predicted molar refractivity (Wildman–Crippen MR) is 142 cm³/mol. The number of nitrogens with zero attached hydrogens (tertiary/aromatic N) is 5. The molecule has 0 saturated carbocycles. The maximum Gasteiger partial charge on any atom is 0.354 e. The van der Waals surface area contributed by atoms with Gasteiger partial charge in [0.2, 0.25) is 5.91 Å². The molecule has 4 rings (SSSR count). The van der Waals surface area contributed by atoms with E-state index >= 15 is 0 Å². The van der Waals surface area contributed by atoms with Crippen molar-refractivity contribution in [2.45, 2.75) is 57.8 Å². The Kier molecular flexibility index (Phi) is 7.96. The smallest absolute Gasteiger partial charge is 0.337 e. The number of piperazine rings is 1. The van der Waals surface area contributed by atoms with E-state index in [9.17, 15) is 14.4 Å². The van der Waals surface area contributed by atoms with Crippen molar-refractivity contribution < 1.29 is 9.59 Å². The summed E-state index contributed by atoms with van der Waals surface area (Å²) in [6, 6.07) is 9.17. The molecule has 2 fully saturated rings. The summed E-state index contributed by atoms with van der Waals surface area (Å²) in [5.41, 5.74) is 12.4. The fraction of sp³-hybridized carbons (Fsp3) is 0.538. The normalized spacial score (nSPS) is 19.6. The van der Waals surface area contributed by atoms with E-state index in [1.165, 1.54) is 10.1 Å². The number of hydrogen-bond donors (Lipinski definition) is 3. The minimum atomic E-state index is -0.958. The van der Waals surface area contributed by atoms with Crippen LogP contribution in [-0.2, 0) is 11.3 Å². The van der Waals surface area contributed by atoms with Gasteiger partial charge in [0.1, 0.15) is 5.82 Å². The Morgan fingerprint density at radius 2 is 1.76 bits per heavy atom. The second-order valence-corrected chi connectivity index (χ2v) is 10.7. The fourth-order valence-electron chi connectivity index (χ4n) is 4.83. The van der Waals surface area contributed by atoms with Crippen LogP contribution in [0.15, 0.2) is 41.3 Å². The van der Waals surface area contributed by atoms with Crippen molar-refractivity contribution in [3.8, 4) is 5.69 Å². The average molecular weight is 511 g/mol. The highest BCUT2D eigenvalue weighted by Crippen LogP contribution is 2.17. The molecule has 2 aliphatic heterocycles. The molecule has 0 radical (unpaired) electrons. The van der Waals surface area contributed by atoms with Crippen LogP contribution < -0.4 is 22.5 Å². The number of hydrogen-bond acceptors (Lipinski definition) is 7. The summed E-state index contributed by atoms with van der Waals surface area (Å²) in [4.78, 5) is 47.8. The van der Waals surface area contributed by atoms with Crippen LogP contribution >= 0.6 is 0 Å². The fourth-order valence-corrected chi connectivity index (χ4v) is 4.83. The molecule has 5 N–H and O–H groups in total. The number of benzene rings is 1. The summed E-state index contributed by atoms with van der Waals surface area (Å²) in [6.45, 7) is 9.23. The number of aromatic nitrogens is 2. The molecule has 1 aromatic carbocycles. The Morgan fingerprint density at radius 3 is 2.35 bits per heavy atom. The molecule has 1 atom stereocenters. The van der Waals surface area contributed by atoms with Gasteiger partial charge in [0.25, 0.3) is 0 Å². The molecule has 200 valence electrons. The standard InChI is InChI=1S/C26H38N8O3/c1-18-16-32(23(35)26(2,3)28)14-15-33(18)24(36)29-22-10-13-34(25(37)30-22)21-6-4-19(5-7-21)17-31-11-8-20(27)9-12-31/h4-7,10,13,18,20H,8-9,11-12,14-17,27-28H2,1-3H3,(H,29,30,36,37)/t18-/m0/s1. The van der Waals surface area contributed by atoms with Gasteiger partial charge >= 0.3 is 11.7 Å². The summed E-state index contributed by atoms with van der Waals surface area (Å²) in [5, 5.41) is 2.71. The number of amides is 3. The van der Waals surface area contributed by atoms with E-state index in [0.717, 1.165) is 32.5 Å². The summed E-state index contributed by atoms with van der Waals surface area (Å²) >= 11 is 0. The van der Waals surface area contributed by atoms with Gasteiger partial charge in [0.05, 0.1) is 11.2 Å². The van der Waals surface area contributed by atoms with E-state index in [-0.39, 0.29) is 23.8 Å². The lowest BCUT2D eigenvalue weighted by molar-refractivity contribution is -0.138. The molecule has 2 saturated heterocycles. The van der Waals surface area contributed by atoms with Crippen molar-refractivity contribution in [2.75, 3.05) is 38.0 Å². The summed E-state index contributed by atoms with van der Waals surface area (Å²) in [6.07, 6.45) is 3.64. The Balaban J connectivity index is 1.35. The van der Waals surface area contributed by atoms with Gasteiger partial charge in [-0.2, -0.15) is 4.98 Å². The largest absolute Gasteiger partial charge is 0.354 e. The quantitative estimate of drug-likeness (QED) is 0.544. The Labute approximate surface area is 217 Å². The van der Waals surface area contributed by atoms with Gasteiger partial charge in [0.15, 0.2) is 0 Å². The highest BCUT2D eigenvalue weighted by molar-refractivity contribution is 5.89. The lowest BCUT2D eigenvalue weighted by Gasteiger charge is -2.41. The van der Waals surface area contributed by atoms with Gasteiger partial charge < -0.3 is 21.3 Å². The van der Waals surface area contributed by atoms with Gasteiger partial charge in [-0.1, -0.05) is 12.1 Å². The molecule has 2 aromatic rings. The van der Waals surface area contributed by atoms with Gasteiger partial charge in [0, 0.05) is 44.5 Å². The number of anilines is 1. The number of rotatable bonds is 5. The van der Waals surface area contributed by atoms with Gasteiger partial charge in [-0.15, -0.1) is 0 Å². The first-order chi connectivity index (χ1) is 17.5. The first-order valence-corrected chi connectivity index (χ1v) is 12.8. The number of likely N-dealkylation sites (tertiary alicyclic amines) is 1. The van der Waals surface area contributed by atoms with Gasteiger partial charge in [-0.3, -0.25) is 19.6 Å². The molecule has 3 amide bonds. The second kappa shape index (κ2) is 11.0. The third kappa shape index (κ3) is 6.54. The molecule has 1 aromatic heterocycles. The van der Waals surface area contributed by atoms with Crippen LogP contribution in [0.2, 0.25) is 0 Å². The summed E-state index contributed by atoms with van der Waals surface area (Å²) in [7, 11) is 0. The Bertz CT molecular complexity index is 1170. The first-order valence-electron chi connectivity index (χ1n) is 12.8. The van der Waals surface area contributed by atoms with Gasteiger partial charge in [-0.25, -0.2) is 9.59 Å². The Morgan fingerprint density at radius 1 is 1.08 bits per heavy atom. The first kappa shape index (κ1) is 26.8. The molecule has 0 bridgehead atoms. The van der Waals surface area contributed by atoms with Gasteiger partial charge in [-0.05, 0) is 70.5 Å². The van der Waals surface area contributed by atoms with Crippen molar-refractivity contribution in [1.82, 2.24) is 24.3 Å². The van der Waals surface area contributed by atoms with Crippen LogP contribution in [0, 0.1) is 0 Å². The zero-order valence-electron chi connectivity index (χ0n) is 21.9. The molecule has 0 spiro atoms. The van der Waals surface area contributed by atoms with E-state index in [0.29, 0.717) is 31.4 Å². The van der Waals surface area contributed by atoms with Crippen molar-refractivity contribution in [2.24, 2.45) is 11.5 Å². The lowest BCUT2D eigenvalue weighted by atomic mass is 10.0. The Hall–Kier alpha value is -3.28. The number of carbonyl (C=O) groups is 2. The molecule has 0 aliphatic carbocycles. The van der Waals surface area contributed by atoms with Crippen LogP contribution in [0.5, 0.6) is 0 Å². The number of nitrogens with one attached hydrogen (secondary N) is 1. The zero-order valence-corrected chi connectivity index (χ0v) is 21.9. The third-order valence-electron chi connectivity index (χ3n) is 7.02. The highest BCUT2D eigenvalue weighted by atomic mass is 16.2. The second-order valence-electron chi connectivity index (χ2n) is 10.7. The van der Waals surface area contributed by atoms with Crippen LogP contribution in [-0.4, -0.2) is 86.5 Å². The molecule has 0 unspecified atom stereocenters. The summed E-state index contributed by atoms with van der Waals surface area (Å²) in [5.74, 6) is 0.0360. The maximum atomic E-state index is 12.9. The number of piperidine rings is 1. The number of urea groups is 1. The SMILES string of the molecule is C[C@H]1CN(C(=O)C(C)(C)N)CCN1C(=O)Nc1ccn(-c2ccc(CN3CCC(N)CC3)cc2)c(=O)n1. The molecule has 11 heteroatoms. The van der Waals surface area contributed by atoms with Crippen LogP contribution in [0.4, 0.5) is 10.6 Å². The minimum absolute atomic E-state index is 0.144. The predicted octanol–water partition coefficient (Wildman–Crippen LogP) is 0.958. The van der Waals surface area contributed by atoms with Crippen LogP contribution in [0.3, 0.4) is 0 Å². The molecular formula is C26H38N8O3. The average Bonchev–Trinajstić information content (AvgIpc) is 2.85. The zero-order chi connectivity index (χ0) is 26.7. The summed E-state index contributed by atoms with van der Waals surface area (Å²) < 4.78 is 1.45. The van der Waals surface area contributed by atoms with E-state index in [1.54, 1.807) is 35.9 Å². The maximum absolute atomic E-state index is 12.9. The number of nitrogens with two attached hydrogens (primary N) is 2. The topological polar surface area (TPSA) is 143 Å². The van der Waals surface area contributed by atoms with Crippen molar-refractivity contribution in [3.63, 3.8) is 0 Å². The van der Waals surface area contributed by atoms with Crippen molar-refractivity contribution in [3.05, 3.63) is 52.6 Å². The molecular weight excluding hydrogens is 472 g/mol. The molecule has 2 aliphatic rings. The number of carbonyl (C=O) groups excluding carboxylic acids is 2. The monoisotopic (exact) mass is 510 g/mol. The van der Waals surface area contributed by atoms with E-state index in [2.05, 4.69) is 15.2 Å². The minimum Gasteiger partial charge on any atom is -0.337 e. The van der Waals surface area contributed by atoms with E-state index < -0.39 is 11.2 Å². The van der Waals surface area contributed by atoms with Crippen molar-refractivity contribution in [1.29, 1.82) is 0 Å². The lowest BCUT2D eigenvalue weighted by Crippen LogP contribution is -2.61. The molecule has 3 heterocycles. The van der Waals surface area contributed by atoms with E-state index in [1.807, 2.05) is 31.2 Å². The van der Waals surface area contributed by atoms with E-state index in [4.69, 9.17) is 11.5 Å². The van der Waals surface area contributed by atoms with Crippen LogP contribution in [0.25, 0.3) is 5.69 Å². The van der Waals surface area contributed by atoms with Crippen LogP contribution in [0.1, 0.15) is 39.2 Å². The highest BCUT2D eigenvalue weighted by Gasteiger charge is 2.34. The molecule has 11 nitrogen and oxygen atoms in total. The third-order valence-corrected chi connectivity index (χ3v) is 7.02.